The molecule has 1 fully saturated rings. The van der Waals surface area contributed by atoms with Gasteiger partial charge in [-0.25, -0.2) is 0 Å². The van der Waals surface area contributed by atoms with Crippen molar-refractivity contribution in [2.24, 2.45) is 5.92 Å². The largest absolute Gasteiger partial charge is 0.392 e. The van der Waals surface area contributed by atoms with Crippen LogP contribution in [0.15, 0.2) is 16.8 Å². The molecule has 4 heteroatoms. The van der Waals surface area contributed by atoms with Crippen molar-refractivity contribution in [3.63, 3.8) is 0 Å². The third-order valence-corrected chi connectivity index (χ3v) is 4.19. The summed E-state index contributed by atoms with van der Waals surface area (Å²) in [4.78, 5) is 0. The van der Waals surface area contributed by atoms with Crippen molar-refractivity contribution >= 4 is 23.7 Å². The Morgan fingerprint density at radius 3 is 2.76 bits per heavy atom. The Labute approximate surface area is 114 Å². The van der Waals surface area contributed by atoms with Gasteiger partial charge in [0, 0.05) is 13.1 Å². The van der Waals surface area contributed by atoms with E-state index in [2.05, 4.69) is 22.1 Å². The molecule has 2 rings (SSSR count). The first-order chi connectivity index (χ1) is 7.86. The molecule has 1 atom stereocenters. The smallest absolute Gasteiger partial charge is 0.0692 e. The fourth-order valence-corrected chi connectivity index (χ4v) is 3.11. The molecule has 0 radical (unpaired) electrons. The van der Waals surface area contributed by atoms with Gasteiger partial charge in [-0.2, -0.15) is 11.3 Å². The second kappa shape index (κ2) is 8.09. The zero-order valence-corrected chi connectivity index (χ0v) is 11.7. The molecule has 17 heavy (non-hydrogen) atoms. The van der Waals surface area contributed by atoms with Crippen LogP contribution in [0.4, 0.5) is 0 Å². The van der Waals surface area contributed by atoms with E-state index >= 15 is 0 Å². The van der Waals surface area contributed by atoms with Crippen LogP contribution in [0, 0.1) is 5.92 Å². The zero-order chi connectivity index (χ0) is 11.2. The van der Waals surface area contributed by atoms with Gasteiger partial charge in [0.2, 0.25) is 0 Å². The molecule has 0 spiro atoms. The second-order valence-corrected chi connectivity index (χ2v) is 5.51. The maximum absolute atomic E-state index is 10.0. The van der Waals surface area contributed by atoms with Crippen LogP contribution in [-0.4, -0.2) is 17.8 Å². The van der Waals surface area contributed by atoms with E-state index in [9.17, 15) is 5.11 Å². The zero-order valence-electron chi connectivity index (χ0n) is 10.1. The topological polar surface area (TPSA) is 32.3 Å². The fourth-order valence-electron chi connectivity index (χ4n) is 2.44. The number of thiophene rings is 1. The van der Waals surface area contributed by atoms with Gasteiger partial charge in [-0.05, 0) is 41.1 Å². The summed E-state index contributed by atoms with van der Waals surface area (Å²) in [7, 11) is 0. The summed E-state index contributed by atoms with van der Waals surface area (Å²) in [6, 6.07) is 2.13. The maximum atomic E-state index is 10.0. The number of aliphatic hydroxyl groups is 1. The summed E-state index contributed by atoms with van der Waals surface area (Å²) in [6.45, 7) is 1.62. The van der Waals surface area contributed by atoms with E-state index in [1.54, 1.807) is 11.3 Å². The molecule has 0 aliphatic heterocycles. The third-order valence-electron chi connectivity index (χ3n) is 3.46. The Hall–Kier alpha value is -0.0900. The lowest BCUT2D eigenvalue weighted by Crippen LogP contribution is -2.33. The van der Waals surface area contributed by atoms with Gasteiger partial charge in [-0.1, -0.05) is 19.3 Å². The molecule has 0 saturated heterocycles. The first kappa shape index (κ1) is 15.0. The van der Waals surface area contributed by atoms with Crippen LogP contribution in [0.25, 0.3) is 0 Å². The van der Waals surface area contributed by atoms with Crippen LogP contribution in [0.3, 0.4) is 0 Å². The van der Waals surface area contributed by atoms with Crippen molar-refractivity contribution in [2.45, 2.75) is 44.8 Å². The van der Waals surface area contributed by atoms with Crippen LogP contribution in [0.2, 0.25) is 0 Å². The molecule has 1 heterocycles. The molecular formula is C13H22ClNOS. The van der Waals surface area contributed by atoms with E-state index < -0.39 is 0 Å². The van der Waals surface area contributed by atoms with Crippen LogP contribution in [0.5, 0.6) is 0 Å². The lowest BCUT2D eigenvalue weighted by molar-refractivity contribution is 0.0839. The van der Waals surface area contributed by atoms with Gasteiger partial charge in [0.15, 0.2) is 0 Å². The number of hydrogen-bond donors (Lipinski definition) is 2. The third kappa shape index (κ3) is 4.96. The average Bonchev–Trinajstić information content (AvgIpc) is 2.83. The maximum Gasteiger partial charge on any atom is 0.0692 e. The summed E-state index contributed by atoms with van der Waals surface area (Å²) in [5, 5.41) is 17.6. The lowest BCUT2D eigenvalue weighted by atomic mass is 9.85. The van der Waals surface area contributed by atoms with Crippen LogP contribution < -0.4 is 5.32 Å². The van der Waals surface area contributed by atoms with Gasteiger partial charge in [-0.3, -0.25) is 0 Å². The van der Waals surface area contributed by atoms with Gasteiger partial charge in [0.1, 0.15) is 0 Å². The van der Waals surface area contributed by atoms with Crippen molar-refractivity contribution < 1.29 is 5.11 Å². The summed E-state index contributed by atoms with van der Waals surface area (Å²) in [5.41, 5.74) is 1.32. The Morgan fingerprint density at radius 2 is 2.12 bits per heavy atom. The van der Waals surface area contributed by atoms with E-state index in [0.29, 0.717) is 5.92 Å². The predicted molar refractivity (Wildman–Crippen MR) is 75.9 cm³/mol. The number of aliphatic hydroxyl groups excluding tert-OH is 1. The van der Waals surface area contributed by atoms with Gasteiger partial charge < -0.3 is 10.4 Å². The molecule has 1 saturated carbocycles. The summed E-state index contributed by atoms with van der Waals surface area (Å²) < 4.78 is 0. The highest BCUT2D eigenvalue weighted by atomic mass is 35.5. The Balaban J connectivity index is 0.00000144. The molecule has 98 valence electrons. The molecule has 1 aliphatic carbocycles. The van der Waals surface area contributed by atoms with Gasteiger partial charge in [0.25, 0.3) is 0 Å². The van der Waals surface area contributed by atoms with Crippen LogP contribution in [0.1, 0.15) is 37.7 Å². The molecule has 1 aromatic heterocycles. The highest BCUT2D eigenvalue weighted by Crippen LogP contribution is 2.26. The quantitative estimate of drug-likeness (QED) is 0.865. The normalized spacial score (nSPS) is 18.6. The first-order valence-electron chi connectivity index (χ1n) is 6.26. The molecule has 0 amide bonds. The number of nitrogens with one attached hydrogen (secondary N) is 1. The van der Waals surface area contributed by atoms with Crippen molar-refractivity contribution in [3.8, 4) is 0 Å². The van der Waals surface area contributed by atoms with Gasteiger partial charge in [-0.15, -0.1) is 12.4 Å². The summed E-state index contributed by atoms with van der Waals surface area (Å²) in [5.74, 6) is 0.531. The molecule has 0 aromatic carbocycles. The summed E-state index contributed by atoms with van der Waals surface area (Å²) in [6.07, 6.45) is 6.21. The van der Waals surface area contributed by atoms with E-state index in [0.717, 1.165) is 13.1 Å². The Bertz CT molecular complexity index is 286. The van der Waals surface area contributed by atoms with Crippen LogP contribution >= 0.6 is 23.7 Å². The highest BCUT2D eigenvalue weighted by Gasteiger charge is 2.20. The first-order valence-corrected chi connectivity index (χ1v) is 7.20. The number of rotatable bonds is 5. The lowest BCUT2D eigenvalue weighted by Gasteiger charge is -2.26. The van der Waals surface area contributed by atoms with Crippen molar-refractivity contribution in [2.75, 3.05) is 6.54 Å². The molecule has 1 aliphatic rings. The predicted octanol–water partition coefficient (Wildman–Crippen LogP) is 3.20. The van der Waals surface area contributed by atoms with E-state index in [-0.39, 0.29) is 18.5 Å². The van der Waals surface area contributed by atoms with E-state index in [1.807, 2.05) is 0 Å². The van der Waals surface area contributed by atoms with Gasteiger partial charge in [0.05, 0.1) is 6.10 Å². The van der Waals surface area contributed by atoms with Crippen molar-refractivity contribution in [3.05, 3.63) is 22.4 Å². The standard InChI is InChI=1S/C13H21NOS.ClH/c15-13(12-4-2-1-3-5-12)9-14-8-11-6-7-16-10-11;/h6-7,10,12-15H,1-5,8-9H2;1H. The van der Waals surface area contributed by atoms with Crippen LogP contribution in [-0.2, 0) is 6.54 Å². The second-order valence-electron chi connectivity index (χ2n) is 4.73. The minimum absolute atomic E-state index is 0. The monoisotopic (exact) mass is 275 g/mol. The number of halogens is 1. The molecule has 1 aromatic rings. The van der Waals surface area contributed by atoms with Crippen molar-refractivity contribution in [1.29, 1.82) is 0 Å². The SMILES string of the molecule is Cl.OC(CNCc1ccsc1)C1CCCCC1. The van der Waals surface area contributed by atoms with E-state index in [1.165, 1.54) is 37.7 Å². The molecule has 2 N–H and O–H groups in total. The molecule has 0 bridgehead atoms. The van der Waals surface area contributed by atoms with Gasteiger partial charge >= 0.3 is 0 Å². The minimum atomic E-state index is -0.154. The van der Waals surface area contributed by atoms with Crippen molar-refractivity contribution in [1.82, 2.24) is 5.32 Å². The Kier molecular flexibility index (Phi) is 7.12. The average molecular weight is 276 g/mol. The highest BCUT2D eigenvalue weighted by molar-refractivity contribution is 7.07. The Morgan fingerprint density at radius 1 is 1.35 bits per heavy atom. The minimum Gasteiger partial charge on any atom is -0.392 e. The molecule has 1 unspecified atom stereocenters. The number of hydrogen-bond acceptors (Lipinski definition) is 3. The molecule has 2 nitrogen and oxygen atoms in total. The fraction of sp³-hybridized carbons (Fsp3) is 0.692. The molecular weight excluding hydrogens is 254 g/mol. The summed E-state index contributed by atoms with van der Waals surface area (Å²) >= 11 is 1.72. The van der Waals surface area contributed by atoms with E-state index in [4.69, 9.17) is 0 Å².